The van der Waals surface area contributed by atoms with Gasteiger partial charge in [-0.25, -0.2) is 9.18 Å². The summed E-state index contributed by atoms with van der Waals surface area (Å²) in [6, 6.07) is 4.75. The van der Waals surface area contributed by atoms with E-state index >= 15 is 0 Å². The molecule has 0 aliphatic heterocycles. The Morgan fingerprint density at radius 3 is 2.89 bits per heavy atom. The lowest BCUT2D eigenvalue weighted by atomic mass is 9.85. The second-order valence-corrected chi connectivity index (χ2v) is 5.29. The van der Waals surface area contributed by atoms with Crippen molar-refractivity contribution in [2.24, 2.45) is 5.92 Å². The highest BCUT2D eigenvalue weighted by Gasteiger charge is 2.25. The van der Waals surface area contributed by atoms with Gasteiger partial charge in [0.15, 0.2) is 0 Å². The van der Waals surface area contributed by atoms with Gasteiger partial charge in [-0.2, -0.15) is 0 Å². The van der Waals surface area contributed by atoms with E-state index in [1.807, 2.05) is 4.57 Å². The van der Waals surface area contributed by atoms with Crippen LogP contribution in [0.4, 0.5) is 4.39 Å². The van der Waals surface area contributed by atoms with Gasteiger partial charge in [0.05, 0.1) is 11.0 Å². The van der Waals surface area contributed by atoms with Crippen LogP contribution in [0.1, 0.15) is 38.6 Å². The number of hydrogen-bond acceptors (Lipinski definition) is 1. The highest BCUT2D eigenvalue weighted by molar-refractivity contribution is 5.75. The molecule has 1 aromatic heterocycles. The molecule has 0 spiro atoms. The molecule has 4 heteroatoms. The lowest BCUT2D eigenvalue weighted by molar-refractivity contribution is 0.258. The van der Waals surface area contributed by atoms with Crippen LogP contribution in [0, 0.1) is 11.7 Å². The fourth-order valence-corrected chi connectivity index (χ4v) is 3.11. The van der Waals surface area contributed by atoms with E-state index in [4.69, 9.17) is 0 Å². The van der Waals surface area contributed by atoms with Gasteiger partial charge in [0.1, 0.15) is 5.82 Å². The van der Waals surface area contributed by atoms with Crippen molar-refractivity contribution >= 4 is 11.0 Å². The minimum Gasteiger partial charge on any atom is -0.305 e. The summed E-state index contributed by atoms with van der Waals surface area (Å²) in [6.07, 6.45) is 4.59. The van der Waals surface area contributed by atoms with Gasteiger partial charge >= 0.3 is 5.69 Å². The fraction of sp³-hybridized carbons (Fsp3) is 0.500. The molecule has 0 bridgehead atoms. The van der Waals surface area contributed by atoms with Crippen molar-refractivity contribution in [1.29, 1.82) is 0 Å². The Morgan fingerprint density at radius 1 is 1.33 bits per heavy atom. The van der Waals surface area contributed by atoms with E-state index in [-0.39, 0.29) is 17.5 Å². The predicted octanol–water partition coefficient (Wildman–Crippen LogP) is 3.22. The fourth-order valence-electron chi connectivity index (χ4n) is 3.11. The first-order chi connectivity index (χ1) is 8.66. The van der Waals surface area contributed by atoms with Gasteiger partial charge in [0.2, 0.25) is 0 Å². The second-order valence-electron chi connectivity index (χ2n) is 5.29. The summed E-state index contributed by atoms with van der Waals surface area (Å²) in [5.74, 6) is 0.188. The minimum absolute atomic E-state index is 0.116. The van der Waals surface area contributed by atoms with Crippen LogP contribution in [0.2, 0.25) is 0 Å². The quantitative estimate of drug-likeness (QED) is 0.826. The van der Waals surface area contributed by atoms with Crippen molar-refractivity contribution in [3.8, 4) is 0 Å². The van der Waals surface area contributed by atoms with Crippen LogP contribution in [0.25, 0.3) is 11.0 Å². The Kier molecular flexibility index (Phi) is 2.73. The average Bonchev–Trinajstić information content (AvgIpc) is 2.65. The molecular weight excluding hydrogens is 231 g/mol. The first-order valence-corrected chi connectivity index (χ1v) is 6.56. The molecule has 1 aliphatic rings. The van der Waals surface area contributed by atoms with Crippen molar-refractivity contribution in [1.82, 2.24) is 9.55 Å². The molecule has 1 N–H and O–H groups in total. The minimum atomic E-state index is -0.312. The number of H-pyrrole nitrogens is 1. The van der Waals surface area contributed by atoms with Crippen molar-refractivity contribution < 1.29 is 4.39 Å². The Morgan fingerprint density at radius 2 is 2.11 bits per heavy atom. The van der Waals surface area contributed by atoms with E-state index in [0.29, 0.717) is 11.4 Å². The third-order valence-electron chi connectivity index (χ3n) is 4.08. The Balaban J connectivity index is 2.16. The van der Waals surface area contributed by atoms with Gasteiger partial charge in [-0.15, -0.1) is 0 Å². The standard InChI is InChI=1S/C14H17FN2O/c1-9-4-2-3-5-12(9)17-13-7-6-10(15)8-11(13)16-14(17)18/h6-9,12H,2-5H2,1H3,(H,16,18). The van der Waals surface area contributed by atoms with Gasteiger partial charge in [0, 0.05) is 6.04 Å². The van der Waals surface area contributed by atoms with Gasteiger partial charge < -0.3 is 4.98 Å². The molecule has 1 aromatic carbocycles. The molecule has 1 heterocycles. The molecule has 2 atom stereocenters. The second kappa shape index (κ2) is 4.26. The SMILES string of the molecule is CC1CCCCC1n1c(=O)[nH]c2cc(F)ccc21. The summed E-state index contributed by atoms with van der Waals surface area (Å²) in [6.45, 7) is 2.19. The monoisotopic (exact) mass is 248 g/mol. The molecule has 0 saturated heterocycles. The van der Waals surface area contributed by atoms with Gasteiger partial charge in [0.25, 0.3) is 0 Å². The van der Waals surface area contributed by atoms with E-state index in [0.717, 1.165) is 24.8 Å². The van der Waals surface area contributed by atoms with Gasteiger partial charge in [-0.3, -0.25) is 4.57 Å². The number of nitrogens with one attached hydrogen (secondary N) is 1. The van der Waals surface area contributed by atoms with Gasteiger partial charge in [-0.1, -0.05) is 19.8 Å². The molecule has 18 heavy (non-hydrogen) atoms. The summed E-state index contributed by atoms with van der Waals surface area (Å²) < 4.78 is 15.0. The highest BCUT2D eigenvalue weighted by atomic mass is 19.1. The van der Waals surface area contributed by atoms with Crippen LogP contribution in [0.3, 0.4) is 0 Å². The van der Waals surface area contributed by atoms with Crippen molar-refractivity contribution in [3.05, 3.63) is 34.5 Å². The normalized spacial score (nSPS) is 24.6. The molecule has 3 nitrogen and oxygen atoms in total. The first-order valence-electron chi connectivity index (χ1n) is 6.56. The first kappa shape index (κ1) is 11.5. The third-order valence-corrected chi connectivity index (χ3v) is 4.08. The molecule has 1 saturated carbocycles. The zero-order valence-electron chi connectivity index (χ0n) is 10.4. The van der Waals surface area contributed by atoms with Crippen LogP contribution in [-0.4, -0.2) is 9.55 Å². The maximum atomic E-state index is 13.2. The molecule has 2 unspecified atom stereocenters. The summed E-state index contributed by atoms with van der Waals surface area (Å²) in [7, 11) is 0. The molecule has 1 aliphatic carbocycles. The van der Waals surface area contributed by atoms with Crippen LogP contribution in [0.15, 0.2) is 23.0 Å². The zero-order valence-corrected chi connectivity index (χ0v) is 10.4. The number of nitrogens with zero attached hydrogens (tertiary/aromatic N) is 1. The average molecular weight is 248 g/mol. The number of aromatic amines is 1. The number of imidazole rings is 1. The van der Waals surface area contributed by atoms with Crippen LogP contribution in [-0.2, 0) is 0 Å². The van der Waals surface area contributed by atoms with E-state index in [1.165, 1.54) is 18.6 Å². The van der Waals surface area contributed by atoms with Crippen molar-refractivity contribution in [2.45, 2.75) is 38.6 Å². The maximum absolute atomic E-state index is 13.2. The largest absolute Gasteiger partial charge is 0.326 e. The van der Waals surface area contributed by atoms with E-state index in [9.17, 15) is 9.18 Å². The molecule has 3 rings (SSSR count). The molecule has 96 valence electrons. The zero-order chi connectivity index (χ0) is 12.7. The molecule has 0 radical (unpaired) electrons. The highest BCUT2D eigenvalue weighted by Crippen LogP contribution is 2.34. The molecule has 0 amide bonds. The number of halogens is 1. The van der Waals surface area contributed by atoms with E-state index < -0.39 is 0 Å². The van der Waals surface area contributed by atoms with Crippen molar-refractivity contribution in [3.63, 3.8) is 0 Å². The summed E-state index contributed by atoms with van der Waals surface area (Å²) >= 11 is 0. The smallest absolute Gasteiger partial charge is 0.305 e. The summed E-state index contributed by atoms with van der Waals surface area (Å²) in [5, 5.41) is 0. The van der Waals surface area contributed by atoms with Crippen LogP contribution < -0.4 is 5.69 Å². The van der Waals surface area contributed by atoms with Crippen LogP contribution in [0.5, 0.6) is 0 Å². The topological polar surface area (TPSA) is 37.8 Å². The number of rotatable bonds is 1. The van der Waals surface area contributed by atoms with E-state index in [2.05, 4.69) is 11.9 Å². The summed E-state index contributed by atoms with van der Waals surface area (Å²) in [5.41, 5.74) is 1.30. The summed E-state index contributed by atoms with van der Waals surface area (Å²) in [4.78, 5) is 14.8. The lowest BCUT2D eigenvalue weighted by Gasteiger charge is -2.29. The lowest BCUT2D eigenvalue weighted by Crippen LogP contribution is -2.28. The third kappa shape index (κ3) is 1.76. The van der Waals surface area contributed by atoms with Gasteiger partial charge in [-0.05, 0) is 37.0 Å². The Hall–Kier alpha value is -1.58. The number of aromatic nitrogens is 2. The predicted molar refractivity (Wildman–Crippen MR) is 69.2 cm³/mol. The Bertz CT molecular complexity index is 628. The maximum Gasteiger partial charge on any atom is 0.326 e. The molecular formula is C14H17FN2O. The number of benzene rings is 1. The Labute approximate surface area is 105 Å². The molecule has 2 aromatic rings. The number of hydrogen-bond donors (Lipinski definition) is 1. The van der Waals surface area contributed by atoms with Crippen LogP contribution >= 0.6 is 0 Å². The molecule has 1 fully saturated rings. The van der Waals surface area contributed by atoms with E-state index in [1.54, 1.807) is 6.07 Å². The van der Waals surface area contributed by atoms with Crippen molar-refractivity contribution in [2.75, 3.05) is 0 Å². The number of fused-ring (bicyclic) bond motifs is 1.